The summed E-state index contributed by atoms with van der Waals surface area (Å²) in [5, 5.41) is 3.50. The van der Waals surface area contributed by atoms with Crippen molar-refractivity contribution in [1.82, 2.24) is 5.32 Å². The second kappa shape index (κ2) is 9.86. The van der Waals surface area contributed by atoms with Crippen LogP contribution < -0.4 is 5.32 Å². The van der Waals surface area contributed by atoms with Crippen LogP contribution in [0.25, 0.3) is 0 Å². The molecule has 1 N–H and O–H groups in total. The molecule has 0 radical (unpaired) electrons. The molecule has 0 saturated heterocycles. The zero-order valence-corrected chi connectivity index (χ0v) is 12.3. The zero-order valence-electron chi connectivity index (χ0n) is 12.3. The Bertz CT molecular complexity index is 172. The first kappa shape index (κ1) is 16.9. The van der Waals surface area contributed by atoms with Crippen molar-refractivity contribution in [3.63, 3.8) is 0 Å². The van der Waals surface area contributed by atoms with Crippen molar-refractivity contribution in [1.29, 1.82) is 0 Å². The molecule has 104 valence electrons. The van der Waals surface area contributed by atoms with Gasteiger partial charge in [-0.05, 0) is 33.6 Å². The van der Waals surface area contributed by atoms with E-state index in [9.17, 15) is 0 Å². The van der Waals surface area contributed by atoms with Gasteiger partial charge < -0.3 is 14.8 Å². The van der Waals surface area contributed by atoms with Crippen molar-refractivity contribution in [3.8, 4) is 0 Å². The third-order valence-electron chi connectivity index (χ3n) is 3.02. The van der Waals surface area contributed by atoms with E-state index in [0.717, 1.165) is 26.0 Å². The predicted octanol–water partition coefficient (Wildman–Crippen LogP) is 2.99. The maximum atomic E-state index is 5.67. The molecular formula is C14H31NO2. The predicted molar refractivity (Wildman–Crippen MR) is 73.5 cm³/mol. The average molecular weight is 245 g/mol. The molecule has 0 amide bonds. The minimum atomic E-state index is 0.204. The molecule has 17 heavy (non-hydrogen) atoms. The number of hydrogen-bond donors (Lipinski definition) is 1. The molecule has 0 heterocycles. The van der Waals surface area contributed by atoms with Crippen molar-refractivity contribution in [2.75, 3.05) is 26.4 Å². The molecule has 0 aliphatic carbocycles. The van der Waals surface area contributed by atoms with Gasteiger partial charge in [-0.3, -0.25) is 0 Å². The van der Waals surface area contributed by atoms with Crippen LogP contribution in [-0.4, -0.2) is 38.0 Å². The van der Waals surface area contributed by atoms with Crippen molar-refractivity contribution < 1.29 is 9.47 Å². The second-order valence-electron chi connectivity index (χ2n) is 5.27. The summed E-state index contributed by atoms with van der Waals surface area (Å²) >= 11 is 0. The molecule has 0 aliphatic heterocycles. The van der Waals surface area contributed by atoms with Crippen LogP contribution in [0.1, 0.15) is 53.9 Å². The molecule has 1 atom stereocenters. The fraction of sp³-hybridized carbons (Fsp3) is 1.00. The van der Waals surface area contributed by atoms with Gasteiger partial charge in [-0.25, -0.2) is 0 Å². The van der Waals surface area contributed by atoms with Gasteiger partial charge in [-0.1, -0.05) is 20.3 Å². The Balaban J connectivity index is 3.37. The fourth-order valence-electron chi connectivity index (χ4n) is 1.26. The molecule has 0 aromatic heterocycles. The first-order chi connectivity index (χ1) is 8.02. The van der Waals surface area contributed by atoms with Crippen molar-refractivity contribution in [2.45, 2.75) is 65.5 Å². The molecule has 0 bridgehead atoms. The number of rotatable bonds is 11. The van der Waals surface area contributed by atoms with E-state index in [1.165, 1.54) is 6.42 Å². The van der Waals surface area contributed by atoms with Gasteiger partial charge in [-0.2, -0.15) is 0 Å². The number of unbranched alkanes of at least 4 members (excludes halogenated alkanes) is 1. The van der Waals surface area contributed by atoms with Crippen molar-refractivity contribution >= 4 is 0 Å². The summed E-state index contributed by atoms with van der Waals surface area (Å²) in [4.78, 5) is 0. The molecule has 0 aliphatic rings. The van der Waals surface area contributed by atoms with Gasteiger partial charge in [0, 0.05) is 18.7 Å². The number of nitrogens with one attached hydrogen (secondary N) is 1. The Labute approximate surface area is 107 Å². The van der Waals surface area contributed by atoms with Gasteiger partial charge in [0.2, 0.25) is 0 Å². The van der Waals surface area contributed by atoms with E-state index in [0.29, 0.717) is 13.2 Å². The lowest BCUT2D eigenvalue weighted by atomic mass is 10.0. The molecule has 1 unspecified atom stereocenters. The normalized spacial score (nSPS) is 13.9. The summed E-state index contributed by atoms with van der Waals surface area (Å²) in [6.45, 7) is 14.1. The van der Waals surface area contributed by atoms with E-state index < -0.39 is 0 Å². The van der Waals surface area contributed by atoms with Gasteiger partial charge in [0.25, 0.3) is 0 Å². The smallest absolute Gasteiger partial charge is 0.0704 e. The highest BCUT2D eigenvalue weighted by molar-refractivity contribution is 4.76. The molecule has 0 saturated carbocycles. The van der Waals surface area contributed by atoms with Crippen molar-refractivity contribution in [2.24, 2.45) is 0 Å². The number of ether oxygens (including phenoxy) is 2. The summed E-state index contributed by atoms with van der Waals surface area (Å²) in [6, 6.07) is 0. The zero-order chi connectivity index (χ0) is 13.1. The first-order valence-corrected chi connectivity index (χ1v) is 6.96. The summed E-state index contributed by atoms with van der Waals surface area (Å²) in [5.74, 6) is 0. The molecule has 0 spiro atoms. The van der Waals surface area contributed by atoms with E-state index in [1.54, 1.807) is 0 Å². The van der Waals surface area contributed by atoms with E-state index in [1.807, 2.05) is 0 Å². The second-order valence-corrected chi connectivity index (χ2v) is 5.27. The highest BCUT2D eigenvalue weighted by Gasteiger charge is 2.14. The standard InChI is InChI=1S/C14H31NO2/c1-6-8-9-16-10-11-17-13(3)12-15-14(4,5)7-2/h13,15H,6-12H2,1-5H3. The Morgan fingerprint density at radius 2 is 1.82 bits per heavy atom. The van der Waals surface area contributed by atoms with E-state index >= 15 is 0 Å². The average Bonchev–Trinajstić information content (AvgIpc) is 2.31. The Morgan fingerprint density at radius 1 is 1.12 bits per heavy atom. The van der Waals surface area contributed by atoms with Crippen LogP contribution in [0.4, 0.5) is 0 Å². The quantitative estimate of drug-likeness (QED) is 0.568. The lowest BCUT2D eigenvalue weighted by Crippen LogP contribution is -2.42. The van der Waals surface area contributed by atoms with Crippen molar-refractivity contribution in [3.05, 3.63) is 0 Å². The minimum absolute atomic E-state index is 0.204. The van der Waals surface area contributed by atoms with Crippen LogP contribution in [0.5, 0.6) is 0 Å². The van der Waals surface area contributed by atoms with Gasteiger partial charge in [0.05, 0.1) is 19.3 Å². The maximum absolute atomic E-state index is 5.67. The summed E-state index contributed by atoms with van der Waals surface area (Å²) < 4.78 is 11.1. The van der Waals surface area contributed by atoms with Crippen LogP contribution in [0.2, 0.25) is 0 Å². The van der Waals surface area contributed by atoms with Gasteiger partial charge in [-0.15, -0.1) is 0 Å². The Hall–Kier alpha value is -0.120. The monoisotopic (exact) mass is 245 g/mol. The van der Waals surface area contributed by atoms with E-state index in [2.05, 4.69) is 39.9 Å². The van der Waals surface area contributed by atoms with Crippen LogP contribution >= 0.6 is 0 Å². The summed E-state index contributed by atoms with van der Waals surface area (Å²) in [5.41, 5.74) is 0.204. The SMILES string of the molecule is CCCCOCCOC(C)CNC(C)(C)CC. The lowest BCUT2D eigenvalue weighted by molar-refractivity contribution is 0.00979. The summed E-state index contributed by atoms with van der Waals surface area (Å²) in [6.07, 6.45) is 3.70. The molecule has 0 fully saturated rings. The summed E-state index contributed by atoms with van der Waals surface area (Å²) in [7, 11) is 0. The maximum Gasteiger partial charge on any atom is 0.0704 e. The van der Waals surface area contributed by atoms with Gasteiger partial charge in [0.1, 0.15) is 0 Å². The van der Waals surface area contributed by atoms with E-state index in [-0.39, 0.29) is 11.6 Å². The largest absolute Gasteiger partial charge is 0.379 e. The van der Waals surface area contributed by atoms with Crippen LogP contribution in [-0.2, 0) is 9.47 Å². The van der Waals surface area contributed by atoms with E-state index in [4.69, 9.17) is 9.47 Å². The third kappa shape index (κ3) is 10.7. The Kier molecular flexibility index (Phi) is 9.79. The third-order valence-corrected chi connectivity index (χ3v) is 3.02. The molecule has 3 nitrogen and oxygen atoms in total. The van der Waals surface area contributed by atoms with Gasteiger partial charge >= 0.3 is 0 Å². The molecule has 3 heteroatoms. The van der Waals surface area contributed by atoms with Gasteiger partial charge in [0.15, 0.2) is 0 Å². The highest BCUT2D eigenvalue weighted by Crippen LogP contribution is 2.06. The minimum Gasteiger partial charge on any atom is -0.379 e. The molecule has 0 aromatic rings. The van der Waals surface area contributed by atoms with Crippen LogP contribution in [0.15, 0.2) is 0 Å². The Morgan fingerprint density at radius 3 is 2.41 bits per heavy atom. The molecular weight excluding hydrogens is 214 g/mol. The fourth-order valence-corrected chi connectivity index (χ4v) is 1.26. The first-order valence-electron chi connectivity index (χ1n) is 6.96. The molecule has 0 rings (SSSR count). The topological polar surface area (TPSA) is 30.5 Å². The van der Waals surface area contributed by atoms with Crippen LogP contribution in [0.3, 0.4) is 0 Å². The van der Waals surface area contributed by atoms with Crippen LogP contribution in [0, 0.1) is 0 Å². The highest BCUT2D eigenvalue weighted by atomic mass is 16.5. The molecule has 0 aromatic carbocycles. The lowest BCUT2D eigenvalue weighted by Gasteiger charge is -2.26. The number of hydrogen-bond acceptors (Lipinski definition) is 3.